The van der Waals surface area contributed by atoms with Crippen LogP contribution >= 0.6 is 0 Å². The summed E-state index contributed by atoms with van der Waals surface area (Å²) in [4.78, 5) is 9.20. The van der Waals surface area contributed by atoms with Gasteiger partial charge in [0, 0.05) is 24.5 Å². The number of aromatic nitrogens is 1. The molecule has 0 spiro atoms. The number of benzene rings is 1. The molecule has 1 aromatic heterocycles. The molecule has 0 radical (unpaired) electrons. The summed E-state index contributed by atoms with van der Waals surface area (Å²) in [5, 5.41) is 0. The molecule has 0 saturated carbocycles. The van der Waals surface area contributed by atoms with Gasteiger partial charge in [-0.15, -0.1) is 0 Å². The van der Waals surface area contributed by atoms with E-state index in [0.717, 1.165) is 25.0 Å². The zero-order valence-electron chi connectivity index (χ0n) is 14.8. The van der Waals surface area contributed by atoms with Gasteiger partial charge in [-0.2, -0.15) is 0 Å². The maximum Gasteiger partial charge on any atom is 0.0689 e. The van der Waals surface area contributed by atoms with E-state index in [-0.39, 0.29) is 0 Å². The zero-order chi connectivity index (χ0) is 16.7. The summed E-state index contributed by atoms with van der Waals surface area (Å²) in [7, 11) is 0. The highest BCUT2D eigenvalue weighted by atomic mass is 14.7. The quantitative estimate of drug-likeness (QED) is 0.627. The first-order valence-corrected chi connectivity index (χ1v) is 8.59. The molecule has 0 N–H and O–H groups in total. The summed E-state index contributed by atoms with van der Waals surface area (Å²) in [6.45, 7) is 9.04. The van der Waals surface area contributed by atoms with Crippen molar-refractivity contribution in [2.24, 2.45) is 16.8 Å². The minimum Gasteiger partial charge on any atom is -0.261 e. The molecule has 23 heavy (non-hydrogen) atoms. The van der Waals surface area contributed by atoms with E-state index in [9.17, 15) is 0 Å². The minimum atomic E-state index is 0.633. The van der Waals surface area contributed by atoms with Gasteiger partial charge in [-0.05, 0) is 47.9 Å². The lowest BCUT2D eigenvalue weighted by Crippen LogP contribution is -2.00. The predicted octanol–water partition coefficient (Wildman–Crippen LogP) is 5.42. The van der Waals surface area contributed by atoms with Crippen LogP contribution in [-0.4, -0.2) is 11.2 Å². The largest absolute Gasteiger partial charge is 0.261 e. The van der Waals surface area contributed by atoms with E-state index in [2.05, 4.69) is 50.9 Å². The van der Waals surface area contributed by atoms with E-state index in [4.69, 9.17) is 4.99 Å². The fourth-order valence-corrected chi connectivity index (χ4v) is 2.77. The third-order valence-electron chi connectivity index (χ3n) is 3.71. The molecule has 1 heterocycles. The van der Waals surface area contributed by atoms with E-state index < -0.39 is 0 Å². The first-order chi connectivity index (χ1) is 11.1. The van der Waals surface area contributed by atoms with Gasteiger partial charge in [0.2, 0.25) is 0 Å². The van der Waals surface area contributed by atoms with Crippen molar-refractivity contribution < 1.29 is 0 Å². The van der Waals surface area contributed by atoms with Crippen molar-refractivity contribution >= 4 is 11.9 Å². The molecule has 2 nitrogen and oxygen atoms in total. The molecule has 0 aliphatic heterocycles. The van der Waals surface area contributed by atoms with Crippen LogP contribution in [0.1, 0.15) is 44.5 Å². The molecule has 0 saturated heterocycles. The molecule has 1 aromatic carbocycles. The second-order valence-electron chi connectivity index (χ2n) is 6.96. The Hall–Kier alpha value is -1.96. The van der Waals surface area contributed by atoms with Crippen LogP contribution in [0.2, 0.25) is 0 Å². The van der Waals surface area contributed by atoms with Crippen molar-refractivity contribution in [3.8, 4) is 0 Å². The van der Waals surface area contributed by atoms with Gasteiger partial charge in [0.15, 0.2) is 0 Å². The Bertz CT molecular complexity index is 599. The number of aliphatic imine (C=N–C) groups is 1. The van der Waals surface area contributed by atoms with Gasteiger partial charge in [0.25, 0.3) is 0 Å². The molecule has 0 atom stereocenters. The number of hydrogen-bond donors (Lipinski definition) is 0. The Morgan fingerprint density at radius 3 is 2.09 bits per heavy atom. The van der Waals surface area contributed by atoms with Crippen LogP contribution < -0.4 is 0 Å². The van der Waals surface area contributed by atoms with Gasteiger partial charge in [-0.3, -0.25) is 9.98 Å². The van der Waals surface area contributed by atoms with Crippen molar-refractivity contribution in [3.63, 3.8) is 0 Å². The summed E-state index contributed by atoms with van der Waals surface area (Å²) in [5.41, 5.74) is 4.94. The molecule has 0 aliphatic carbocycles. The van der Waals surface area contributed by atoms with Crippen molar-refractivity contribution in [1.82, 2.24) is 4.98 Å². The topological polar surface area (TPSA) is 25.2 Å². The highest BCUT2D eigenvalue weighted by Crippen LogP contribution is 2.28. The van der Waals surface area contributed by atoms with Crippen molar-refractivity contribution in [2.75, 3.05) is 0 Å². The first-order valence-electron chi connectivity index (χ1n) is 8.59. The van der Waals surface area contributed by atoms with E-state index >= 15 is 0 Å². The molecule has 122 valence electrons. The van der Waals surface area contributed by atoms with Crippen LogP contribution in [0.3, 0.4) is 0 Å². The van der Waals surface area contributed by atoms with E-state index in [0.29, 0.717) is 11.8 Å². The van der Waals surface area contributed by atoms with E-state index in [1.807, 2.05) is 30.6 Å². The molecule has 2 rings (SSSR count). The average molecular weight is 308 g/mol. The maximum atomic E-state index is 4.84. The minimum absolute atomic E-state index is 0.633. The van der Waals surface area contributed by atoms with Crippen LogP contribution in [0.5, 0.6) is 0 Å². The third kappa shape index (κ3) is 5.63. The lowest BCUT2D eigenvalue weighted by atomic mass is 9.94. The smallest absolute Gasteiger partial charge is 0.0689 e. The van der Waals surface area contributed by atoms with Gasteiger partial charge in [0.1, 0.15) is 0 Å². The summed E-state index contributed by atoms with van der Waals surface area (Å²) in [6, 6.07) is 12.6. The summed E-state index contributed by atoms with van der Waals surface area (Å²) < 4.78 is 0. The van der Waals surface area contributed by atoms with Crippen molar-refractivity contribution in [2.45, 2.75) is 47.0 Å². The number of nitrogens with zero attached hydrogens (tertiary/aromatic N) is 2. The normalized spacial score (nSPS) is 11.7. The zero-order valence-corrected chi connectivity index (χ0v) is 14.8. The van der Waals surface area contributed by atoms with Gasteiger partial charge >= 0.3 is 0 Å². The van der Waals surface area contributed by atoms with Crippen molar-refractivity contribution in [1.29, 1.82) is 0 Å². The molecule has 0 aliphatic rings. The third-order valence-corrected chi connectivity index (χ3v) is 3.71. The number of rotatable bonds is 7. The molecule has 0 fully saturated rings. The van der Waals surface area contributed by atoms with Gasteiger partial charge < -0.3 is 0 Å². The molecule has 0 bridgehead atoms. The number of hydrogen-bond acceptors (Lipinski definition) is 2. The first kappa shape index (κ1) is 17.4. The summed E-state index contributed by atoms with van der Waals surface area (Å²) >= 11 is 0. The highest BCUT2D eigenvalue weighted by molar-refractivity contribution is 5.68. The van der Waals surface area contributed by atoms with E-state index in [1.54, 1.807) is 0 Å². The Kier molecular flexibility index (Phi) is 6.52. The molecule has 0 unspecified atom stereocenters. The average Bonchev–Trinajstić information content (AvgIpc) is 2.50. The van der Waals surface area contributed by atoms with Crippen LogP contribution in [0.25, 0.3) is 0 Å². The molecule has 0 amide bonds. The SMILES string of the molecule is CC(C)Cc1cccc(CC(C)C)c1N=CCc1ccccn1. The van der Waals surface area contributed by atoms with Crippen LogP contribution in [0.15, 0.2) is 47.6 Å². The lowest BCUT2D eigenvalue weighted by Gasteiger charge is -2.14. The van der Waals surface area contributed by atoms with Crippen LogP contribution in [0, 0.1) is 11.8 Å². The Labute approximate surface area is 140 Å². The Morgan fingerprint density at radius 1 is 0.913 bits per heavy atom. The fraction of sp³-hybridized carbons (Fsp3) is 0.429. The van der Waals surface area contributed by atoms with Crippen LogP contribution in [0.4, 0.5) is 5.69 Å². The van der Waals surface area contributed by atoms with E-state index in [1.165, 1.54) is 16.8 Å². The fourth-order valence-electron chi connectivity index (χ4n) is 2.77. The molecular formula is C21H28N2. The second kappa shape index (κ2) is 8.61. The van der Waals surface area contributed by atoms with Gasteiger partial charge in [-0.1, -0.05) is 52.0 Å². The van der Waals surface area contributed by atoms with Gasteiger partial charge in [0.05, 0.1) is 5.69 Å². The maximum absolute atomic E-state index is 4.84. The standard InChI is InChI=1S/C21H28N2/c1-16(2)14-18-8-7-9-19(15-17(3)4)21(18)23-13-11-20-10-5-6-12-22-20/h5-10,12-13,16-17H,11,14-15H2,1-4H3. The monoisotopic (exact) mass is 308 g/mol. The summed E-state index contributed by atoms with van der Waals surface area (Å²) in [5.74, 6) is 1.27. The lowest BCUT2D eigenvalue weighted by molar-refractivity contribution is 0.637. The number of pyridine rings is 1. The Morgan fingerprint density at radius 2 is 1.57 bits per heavy atom. The van der Waals surface area contributed by atoms with Gasteiger partial charge in [-0.25, -0.2) is 0 Å². The predicted molar refractivity (Wildman–Crippen MR) is 99.6 cm³/mol. The molecule has 2 heteroatoms. The summed E-state index contributed by atoms with van der Waals surface area (Å²) in [6.07, 6.45) is 6.76. The second-order valence-corrected chi connectivity index (χ2v) is 6.96. The Balaban J connectivity index is 2.25. The van der Waals surface area contributed by atoms with Crippen molar-refractivity contribution in [3.05, 3.63) is 59.4 Å². The highest BCUT2D eigenvalue weighted by Gasteiger charge is 2.10. The molecule has 2 aromatic rings. The molecular weight excluding hydrogens is 280 g/mol. The van der Waals surface area contributed by atoms with Crippen LogP contribution in [-0.2, 0) is 19.3 Å². The number of para-hydroxylation sites is 1.